The van der Waals surface area contributed by atoms with Gasteiger partial charge in [-0.1, -0.05) is 6.58 Å². The van der Waals surface area contributed by atoms with Crippen molar-refractivity contribution in [3.8, 4) is 0 Å². The van der Waals surface area contributed by atoms with E-state index in [1.54, 1.807) is 11.8 Å². The maximum atomic E-state index is 11.3. The SMILES string of the molecule is C=C(C)OCNCCCOC(=N)CN(CCN(CCN(COC=O)COC=O)CC(=O)O)CC(=O)O. The van der Waals surface area contributed by atoms with Crippen LogP contribution in [0.5, 0.6) is 0 Å². The molecule has 0 aliphatic rings. The molecule has 0 heterocycles. The first-order valence-electron chi connectivity index (χ1n) is 11.1. The number of carboxylic acids is 2. The van der Waals surface area contributed by atoms with Crippen LogP contribution in [0.15, 0.2) is 12.3 Å². The Bertz CT molecular complexity index is 682. The highest BCUT2D eigenvalue weighted by atomic mass is 16.6. The van der Waals surface area contributed by atoms with Gasteiger partial charge in [0.15, 0.2) is 5.90 Å². The fourth-order valence-electron chi connectivity index (χ4n) is 2.76. The van der Waals surface area contributed by atoms with Crippen molar-refractivity contribution in [3.05, 3.63) is 12.3 Å². The van der Waals surface area contributed by atoms with Gasteiger partial charge < -0.3 is 29.2 Å². The molecule has 0 bridgehead atoms. The van der Waals surface area contributed by atoms with E-state index in [1.165, 1.54) is 9.80 Å². The molecule has 0 aromatic heterocycles. The van der Waals surface area contributed by atoms with Crippen LogP contribution in [-0.2, 0) is 38.1 Å². The molecule has 0 atom stereocenters. The lowest BCUT2D eigenvalue weighted by Crippen LogP contribution is -2.44. The Hall–Kier alpha value is -3.27. The van der Waals surface area contributed by atoms with Crippen LogP contribution < -0.4 is 5.32 Å². The highest BCUT2D eigenvalue weighted by molar-refractivity contribution is 5.76. The van der Waals surface area contributed by atoms with Gasteiger partial charge in [-0.25, -0.2) is 4.90 Å². The van der Waals surface area contributed by atoms with Gasteiger partial charge in [0.1, 0.15) is 20.2 Å². The van der Waals surface area contributed by atoms with Gasteiger partial charge in [0.2, 0.25) is 0 Å². The average molecular weight is 520 g/mol. The van der Waals surface area contributed by atoms with E-state index in [-0.39, 0.29) is 84.7 Å². The second-order valence-corrected chi connectivity index (χ2v) is 7.57. The summed E-state index contributed by atoms with van der Waals surface area (Å²) in [5.74, 6) is -1.70. The maximum absolute atomic E-state index is 11.3. The predicted molar refractivity (Wildman–Crippen MR) is 126 cm³/mol. The summed E-state index contributed by atoms with van der Waals surface area (Å²) in [6.07, 6.45) is 0.603. The number of allylic oxidation sites excluding steroid dienone is 1. The normalized spacial score (nSPS) is 10.8. The summed E-state index contributed by atoms with van der Waals surface area (Å²) < 4.78 is 19.8. The highest BCUT2D eigenvalue weighted by Gasteiger charge is 2.17. The Labute approximate surface area is 210 Å². The topological polar surface area (TPSA) is 191 Å². The van der Waals surface area contributed by atoms with E-state index in [9.17, 15) is 29.4 Å². The van der Waals surface area contributed by atoms with Crippen LogP contribution in [0.1, 0.15) is 13.3 Å². The minimum absolute atomic E-state index is 0.0636. The van der Waals surface area contributed by atoms with Crippen molar-refractivity contribution >= 4 is 30.8 Å². The Morgan fingerprint density at radius 2 is 1.42 bits per heavy atom. The Kier molecular flexibility index (Phi) is 19.1. The van der Waals surface area contributed by atoms with Crippen LogP contribution in [-0.4, -0.2) is 135 Å². The zero-order valence-corrected chi connectivity index (χ0v) is 20.6. The van der Waals surface area contributed by atoms with E-state index in [1.807, 2.05) is 0 Å². The van der Waals surface area contributed by atoms with Crippen LogP contribution in [0.2, 0.25) is 0 Å². The summed E-state index contributed by atoms with van der Waals surface area (Å²) in [7, 11) is 0. The third-order valence-electron chi connectivity index (χ3n) is 4.39. The molecule has 36 heavy (non-hydrogen) atoms. The Morgan fingerprint density at radius 1 is 0.889 bits per heavy atom. The molecule has 0 spiro atoms. The average Bonchev–Trinajstić information content (AvgIpc) is 2.80. The van der Waals surface area contributed by atoms with Crippen molar-refractivity contribution in [2.24, 2.45) is 0 Å². The Morgan fingerprint density at radius 3 is 1.94 bits per heavy atom. The quantitative estimate of drug-likeness (QED) is 0.0281. The van der Waals surface area contributed by atoms with E-state index in [0.29, 0.717) is 25.5 Å². The van der Waals surface area contributed by atoms with Gasteiger partial charge in [-0.05, 0) is 13.3 Å². The molecule has 0 fully saturated rings. The van der Waals surface area contributed by atoms with Gasteiger partial charge in [0.05, 0.1) is 32.0 Å². The highest BCUT2D eigenvalue weighted by Crippen LogP contribution is 1.98. The zero-order valence-electron chi connectivity index (χ0n) is 20.6. The van der Waals surface area contributed by atoms with Crippen molar-refractivity contribution in [2.75, 3.05) is 79.2 Å². The summed E-state index contributed by atoms with van der Waals surface area (Å²) in [6.45, 7) is 6.66. The molecular formula is C21H37N5O10. The first kappa shape index (κ1) is 32.7. The number of ether oxygens (including phenoxy) is 4. The monoisotopic (exact) mass is 519 g/mol. The largest absolute Gasteiger partial charge is 0.484 e. The summed E-state index contributed by atoms with van der Waals surface area (Å²) in [5.41, 5.74) is 0. The molecule has 0 rings (SSSR count). The van der Waals surface area contributed by atoms with E-state index in [4.69, 9.17) is 14.9 Å². The number of rotatable bonds is 25. The molecule has 15 nitrogen and oxygen atoms in total. The van der Waals surface area contributed by atoms with Gasteiger partial charge in [-0.3, -0.25) is 39.7 Å². The van der Waals surface area contributed by atoms with Crippen molar-refractivity contribution in [2.45, 2.75) is 13.3 Å². The Balaban J connectivity index is 4.69. The minimum atomic E-state index is -1.10. The first-order valence-corrected chi connectivity index (χ1v) is 11.1. The van der Waals surface area contributed by atoms with Gasteiger partial charge >= 0.3 is 11.9 Å². The van der Waals surface area contributed by atoms with Gasteiger partial charge in [0.25, 0.3) is 12.9 Å². The molecule has 0 amide bonds. The molecule has 0 aliphatic carbocycles. The summed E-state index contributed by atoms with van der Waals surface area (Å²) in [4.78, 5) is 47.9. The van der Waals surface area contributed by atoms with Crippen LogP contribution in [0.3, 0.4) is 0 Å². The van der Waals surface area contributed by atoms with E-state index >= 15 is 0 Å². The second-order valence-electron chi connectivity index (χ2n) is 7.57. The number of carboxylic acid groups (broad SMARTS) is 2. The molecule has 0 radical (unpaired) electrons. The fourth-order valence-corrected chi connectivity index (χ4v) is 2.76. The standard InChI is InChI=1S/C21H37N5O10/c1-18(2)36-13-23-4-3-9-35-19(22)10-25(12-21(31)32)7-5-24(11-20(29)30)6-8-26(14-33-16-27)15-34-17-28/h16-17,22-23H,1,3-15H2,2H3,(H,29,30)(H,31,32). The number of carbonyl (C=O) groups is 4. The molecule has 0 aromatic carbocycles. The molecule has 15 heteroatoms. The summed E-state index contributed by atoms with van der Waals surface area (Å²) in [6, 6.07) is 0. The summed E-state index contributed by atoms with van der Waals surface area (Å²) >= 11 is 0. The molecule has 0 saturated carbocycles. The van der Waals surface area contributed by atoms with Crippen molar-refractivity contribution in [1.29, 1.82) is 5.41 Å². The van der Waals surface area contributed by atoms with E-state index in [2.05, 4.69) is 21.4 Å². The van der Waals surface area contributed by atoms with Crippen LogP contribution in [0.4, 0.5) is 0 Å². The van der Waals surface area contributed by atoms with Crippen molar-refractivity contribution in [3.63, 3.8) is 0 Å². The number of hydrogen-bond acceptors (Lipinski definition) is 13. The van der Waals surface area contributed by atoms with Gasteiger partial charge in [-0.2, -0.15) is 0 Å². The molecular weight excluding hydrogens is 482 g/mol. The molecule has 206 valence electrons. The number of nitrogens with zero attached hydrogens (tertiary/aromatic N) is 3. The van der Waals surface area contributed by atoms with Gasteiger partial charge in [0, 0.05) is 32.7 Å². The molecule has 4 N–H and O–H groups in total. The third-order valence-corrected chi connectivity index (χ3v) is 4.39. The number of nitrogens with one attached hydrogen (secondary N) is 2. The second kappa shape index (κ2) is 21.0. The lowest BCUT2D eigenvalue weighted by molar-refractivity contribution is -0.142. The van der Waals surface area contributed by atoms with Crippen molar-refractivity contribution < 1.29 is 48.3 Å². The zero-order chi connectivity index (χ0) is 27.2. The summed E-state index contributed by atoms with van der Waals surface area (Å²) in [5, 5.41) is 29.4. The van der Waals surface area contributed by atoms with E-state index < -0.39 is 11.9 Å². The number of aliphatic carboxylic acids is 2. The lowest BCUT2D eigenvalue weighted by atomic mass is 10.3. The van der Waals surface area contributed by atoms with Gasteiger partial charge in [-0.15, -0.1) is 0 Å². The van der Waals surface area contributed by atoms with Crippen LogP contribution in [0, 0.1) is 5.41 Å². The van der Waals surface area contributed by atoms with E-state index in [0.717, 1.165) is 0 Å². The predicted octanol–water partition coefficient (Wildman–Crippen LogP) is -1.20. The minimum Gasteiger partial charge on any atom is -0.484 e. The lowest BCUT2D eigenvalue weighted by Gasteiger charge is -2.28. The van der Waals surface area contributed by atoms with Crippen LogP contribution in [0.25, 0.3) is 0 Å². The van der Waals surface area contributed by atoms with Crippen molar-refractivity contribution in [1.82, 2.24) is 20.0 Å². The number of hydrogen-bond donors (Lipinski definition) is 4. The fraction of sp³-hybridized carbons (Fsp3) is 0.667. The maximum Gasteiger partial charge on any atom is 0.317 e. The number of carbonyl (C=O) groups excluding carboxylic acids is 2. The molecule has 0 unspecified atom stereocenters. The third kappa shape index (κ3) is 20.1. The first-order chi connectivity index (χ1) is 17.2. The molecule has 0 saturated heterocycles. The molecule has 0 aliphatic heterocycles. The smallest absolute Gasteiger partial charge is 0.317 e. The molecule has 0 aromatic rings. The van der Waals surface area contributed by atoms with Crippen LogP contribution >= 0.6 is 0 Å².